The predicted octanol–water partition coefficient (Wildman–Crippen LogP) is 3.54. The van der Waals surface area contributed by atoms with Gasteiger partial charge in [0, 0.05) is 10.8 Å². The normalized spacial score (nSPS) is 10.7. The number of nitrogen functional groups attached to an aromatic ring is 1. The van der Waals surface area contributed by atoms with Crippen LogP contribution >= 0.6 is 22.9 Å². The molecule has 0 aliphatic carbocycles. The van der Waals surface area contributed by atoms with Crippen LogP contribution in [-0.2, 0) is 0 Å². The Labute approximate surface area is 91.2 Å². The molecule has 0 fully saturated rings. The van der Waals surface area contributed by atoms with Crippen molar-refractivity contribution in [2.24, 2.45) is 0 Å². The zero-order chi connectivity index (χ0) is 10.1. The van der Waals surface area contributed by atoms with Crippen LogP contribution in [-0.4, -0.2) is 6.61 Å². The molecule has 0 amide bonds. The first-order valence-corrected chi connectivity index (χ1v) is 5.57. The van der Waals surface area contributed by atoms with Crippen molar-refractivity contribution in [1.29, 1.82) is 0 Å². The molecular formula is C10H10ClNOS. The highest BCUT2D eigenvalue weighted by Gasteiger charge is 2.09. The number of fused-ring (bicyclic) bond motifs is 1. The lowest BCUT2D eigenvalue weighted by Gasteiger charge is -2.02. The standard InChI is InChI=1S/C10H10ClNOS/c1-2-13-8-5-14-10-6(8)3-4-7(11)9(10)12/h3-5H,2,12H2,1H3. The fourth-order valence-electron chi connectivity index (χ4n) is 1.34. The van der Waals surface area contributed by atoms with Crippen molar-refractivity contribution in [3.05, 3.63) is 22.5 Å². The Kier molecular flexibility index (Phi) is 2.52. The van der Waals surface area contributed by atoms with E-state index in [0.29, 0.717) is 17.3 Å². The van der Waals surface area contributed by atoms with E-state index in [1.165, 1.54) is 0 Å². The van der Waals surface area contributed by atoms with Gasteiger partial charge in [-0.25, -0.2) is 0 Å². The Morgan fingerprint density at radius 3 is 3.00 bits per heavy atom. The molecule has 2 N–H and O–H groups in total. The highest BCUT2D eigenvalue weighted by atomic mass is 35.5. The maximum absolute atomic E-state index is 5.91. The van der Waals surface area contributed by atoms with Gasteiger partial charge in [0.15, 0.2) is 0 Å². The molecule has 2 nitrogen and oxygen atoms in total. The number of thiophene rings is 1. The summed E-state index contributed by atoms with van der Waals surface area (Å²) in [6.45, 7) is 2.62. The maximum Gasteiger partial charge on any atom is 0.137 e. The lowest BCUT2D eigenvalue weighted by atomic mass is 10.2. The molecule has 0 bridgehead atoms. The van der Waals surface area contributed by atoms with Crippen molar-refractivity contribution in [2.75, 3.05) is 12.3 Å². The number of anilines is 1. The minimum Gasteiger partial charge on any atom is -0.492 e. The van der Waals surface area contributed by atoms with Gasteiger partial charge in [-0.2, -0.15) is 0 Å². The predicted molar refractivity (Wildman–Crippen MR) is 62.4 cm³/mol. The second kappa shape index (κ2) is 3.67. The van der Waals surface area contributed by atoms with Gasteiger partial charge in [-0.3, -0.25) is 0 Å². The average Bonchev–Trinajstić information content (AvgIpc) is 2.57. The van der Waals surface area contributed by atoms with Crippen LogP contribution in [0, 0.1) is 0 Å². The summed E-state index contributed by atoms with van der Waals surface area (Å²) < 4.78 is 6.47. The third kappa shape index (κ3) is 1.42. The van der Waals surface area contributed by atoms with E-state index in [-0.39, 0.29) is 0 Å². The number of nitrogens with two attached hydrogens (primary N) is 1. The second-order valence-corrected chi connectivity index (χ2v) is 4.16. The lowest BCUT2D eigenvalue weighted by molar-refractivity contribution is 0.345. The van der Waals surface area contributed by atoms with Gasteiger partial charge in [0.25, 0.3) is 0 Å². The van der Waals surface area contributed by atoms with Crippen LogP contribution in [0.5, 0.6) is 5.75 Å². The molecule has 0 spiro atoms. The summed E-state index contributed by atoms with van der Waals surface area (Å²) in [5.41, 5.74) is 6.49. The summed E-state index contributed by atoms with van der Waals surface area (Å²) in [5, 5.41) is 3.60. The molecule has 0 unspecified atom stereocenters. The third-order valence-electron chi connectivity index (χ3n) is 1.99. The minimum atomic E-state index is 0.599. The lowest BCUT2D eigenvalue weighted by Crippen LogP contribution is -1.90. The smallest absolute Gasteiger partial charge is 0.137 e. The van der Waals surface area contributed by atoms with E-state index in [4.69, 9.17) is 22.1 Å². The Hall–Kier alpha value is -0.930. The fourth-order valence-corrected chi connectivity index (χ4v) is 2.51. The first-order valence-electron chi connectivity index (χ1n) is 4.32. The van der Waals surface area contributed by atoms with Gasteiger partial charge in [0.05, 0.1) is 22.0 Å². The monoisotopic (exact) mass is 227 g/mol. The molecule has 74 valence electrons. The van der Waals surface area contributed by atoms with E-state index < -0.39 is 0 Å². The molecule has 0 aliphatic heterocycles. The van der Waals surface area contributed by atoms with Crippen LogP contribution in [0.1, 0.15) is 6.92 Å². The first-order chi connectivity index (χ1) is 6.74. The molecule has 0 radical (unpaired) electrons. The number of benzene rings is 1. The minimum absolute atomic E-state index is 0.599. The van der Waals surface area contributed by atoms with Gasteiger partial charge in [-0.05, 0) is 19.1 Å². The van der Waals surface area contributed by atoms with E-state index in [1.54, 1.807) is 17.4 Å². The summed E-state index contributed by atoms with van der Waals surface area (Å²) in [6.07, 6.45) is 0. The summed E-state index contributed by atoms with van der Waals surface area (Å²) in [4.78, 5) is 0. The van der Waals surface area contributed by atoms with Crippen molar-refractivity contribution >= 4 is 38.7 Å². The summed E-state index contributed by atoms with van der Waals surface area (Å²) >= 11 is 7.48. The number of halogens is 1. The Morgan fingerprint density at radius 2 is 2.29 bits per heavy atom. The highest BCUT2D eigenvalue weighted by Crippen LogP contribution is 2.38. The van der Waals surface area contributed by atoms with Gasteiger partial charge < -0.3 is 10.5 Å². The van der Waals surface area contributed by atoms with E-state index in [2.05, 4.69) is 0 Å². The zero-order valence-electron chi connectivity index (χ0n) is 7.71. The number of hydrogen-bond acceptors (Lipinski definition) is 3. The summed E-state index contributed by atoms with van der Waals surface area (Å²) in [5.74, 6) is 0.885. The quantitative estimate of drug-likeness (QED) is 0.797. The van der Waals surface area contributed by atoms with Crippen molar-refractivity contribution in [3.63, 3.8) is 0 Å². The highest BCUT2D eigenvalue weighted by molar-refractivity contribution is 7.18. The van der Waals surface area contributed by atoms with E-state index in [1.807, 2.05) is 18.4 Å². The van der Waals surface area contributed by atoms with Crippen LogP contribution in [0.15, 0.2) is 17.5 Å². The molecule has 0 saturated heterocycles. The van der Waals surface area contributed by atoms with Crippen molar-refractivity contribution in [1.82, 2.24) is 0 Å². The molecule has 0 saturated carbocycles. The number of rotatable bonds is 2. The van der Waals surface area contributed by atoms with Gasteiger partial charge in [0.1, 0.15) is 5.75 Å². The molecule has 0 aliphatic rings. The molecule has 2 aromatic rings. The topological polar surface area (TPSA) is 35.2 Å². The van der Waals surface area contributed by atoms with Gasteiger partial charge in [-0.15, -0.1) is 11.3 Å². The molecule has 1 heterocycles. The molecule has 1 aromatic carbocycles. The fraction of sp³-hybridized carbons (Fsp3) is 0.200. The van der Waals surface area contributed by atoms with Crippen molar-refractivity contribution < 1.29 is 4.74 Å². The molecule has 1 aromatic heterocycles. The zero-order valence-corrected chi connectivity index (χ0v) is 9.28. The third-order valence-corrected chi connectivity index (χ3v) is 3.33. The Bertz CT molecular complexity index is 466. The van der Waals surface area contributed by atoms with Crippen molar-refractivity contribution in [2.45, 2.75) is 6.92 Å². The van der Waals surface area contributed by atoms with Gasteiger partial charge in [0.2, 0.25) is 0 Å². The van der Waals surface area contributed by atoms with Crippen LogP contribution in [0.4, 0.5) is 5.69 Å². The summed E-state index contributed by atoms with van der Waals surface area (Å²) in [7, 11) is 0. The second-order valence-electron chi connectivity index (χ2n) is 2.87. The molecule has 14 heavy (non-hydrogen) atoms. The van der Waals surface area contributed by atoms with Crippen molar-refractivity contribution in [3.8, 4) is 5.75 Å². The van der Waals surface area contributed by atoms with Gasteiger partial charge in [-0.1, -0.05) is 11.6 Å². The average molecular weight is 228 g/mol. The molecule has 4 heteroatoms. The SMILES string of the molecule is CCOc1csc2c(N)c(Cl)ccc12. The summed E-state index contributed by atoms with van der Waals surface area (Å²) in [6, 6.07) is 3.74. The first kappa shape index (κ1) is 9.62. The molecule has 2 rings (SSSR count). The molecule has 0 atom stereocenters. The van der Waals surface area contributed by atoms with E-state index >= 15 is 0 Å². The van der Waals surface area contributed by atoms with Crippen LogP contribution in [0.3, 0.4) is 0 Å². The molecular weight excluding hydrogens is 218 g/mol. The van der Waals surface area contributed by atoms with Crippen LogP contribution < -0.4 is 10.5 Å². The van der Waals surface area contributed by atoms with E-state index in [0.717, 1.165) is 15.8 Å². The van der Waals surface area contributed by atoms with Crippen LogP contribution in [0.2, 0.25) is 5.02 Å². The Balaban J connectivity index is 2.64. The Morgan fingerprint density at radius 1 is 1.50 bits per heavy atom. The largest absolute Gasteiger partial charge is 0.492 e. The number of hydrogen-bond donors (Lipinski definition) is 1. The number of ether oxygens (including phenoxy) is 1. The van der Waals surface area contributed by atoms with Gasteiger partial charge >= 0.3 is 0 Å². The van der Waals surface area contributed by atoms with E-state index in [9.17, 15) is 0 Å². The maximum atomic E-state index is 5.91. The van der Waals surface area contributed by atoms with Crippen LogP contribution in [0.25, 0.3) is 10.1 Å².